The fraction of sp³-hybridized carbons (Fsp3) is 0.571. The van der Waals surface area contributed by atoms with Gasteiger partial charge in [0.2, 0.25) is 10.0 Å². The average molecular weight is 284 g/mol. The molecule has 0 amide bonds. The number of nitrogens with zero attached hydrogens (tertiary/aromatic N) is 1. The van der Waals surface area contributed by atoms with Crippen LogP contribution in [0.3, 0.4) is 0 Å². The number of hydrogen-bond acceptors (Lipinski definition) is 3. The van der Waals surface area contributed by atoms with Crippen molar-refractivity contribution in [1.29, 1.82) is 0 Å². The molecule has 0 saturated carbocycles. The fourth-order valence-electron chi connectivity index (χ4n) is 1.96. The molecule has 0 unspecified atom stereocenters. The molecule has 1 aromatic carbocycles. The van der Waals surface area contributed by atoms with Gasteiger partial charge in [0.15, 0.2) is 0 Å². The smallest absolute Gasteiger partial charge is 0.235 e. The Morgan fingerprint density at radius 2 is 2.00 bits per heavy atom. The van der Waals surface area contributed by atoms with Gasteiger partial charge >= 0.3 is 0 Å². The van der Waals surface area contributed by atoms with E-state index in [9.17, 15) is 8.42 Å². The zero-order valence-electron chi connectivity index (χ0n) is 12.0. The van der Waals surface area contributed by atoms with Gasteiger partial charge in [-0.05, 0) is 43.5 Å². The molecule has 0 aliphatic rings. The van der Waals surface area contributed by atoms with E-state index in [1.165, 1.54) is 4.31 Å². The first-order valence-corrected chi connectivity index (χ1v) is 8.25. The van der Waals surface area contributed by atoms with Gasteiger partial charge in [-0.25, -0.2) is 8.42 Å². The summed E-state index contributed by atoms with van der Waals surface area (Å²) in [4.78, 5) is 0. The van der Waals surface area contributed by atoms with E-state index in [4.69, 9.17) is 5.73 Å². The van der Waals surface area contributed by atoms with Gasteiger partial charge in [-0.15, -0.1) is 0 Å². The summed E-state index contributed by atoms with van der Waals surface area (Å²) >= 11 is 0. The number of rotatable bonds is 7. The van der Waals surface area contributed by atoms with Gasteiger partial charge in [-0.1, -0.05) is 26.0 Å². The molecule has 0 aliphatic carbocycles. The highest BCUT2D eigenvalue weighted by Crippen LogP contribution is 2.21. The molecule has 0 spiro atoms. The van der Waals surface area contributed by atoms with Crippen LogP contribution in [0, 0.1) is 12.8 Å². The van der Waals surface area contributed by atoms with E-state index in [2.05, 4.69) is 0 Å². The quantitative estimate of drug-likeness (QED) is 0.834. The second-order valence-electron chi connectivity index (χ2n) is 5.23. The number of nitrogens with two attached hydrogens (primary N) is 1. The van der Waals surface area contributed by atoms with Crippen molar-refractivity contribution in [2.75, 3.05) is 23.1 Å². The second kappa shape index (κ2) is 6.91. The third-order valence-corrected chi connectivity index (χ3v) is 4.89. The first-order valence-electron chi connectivity index (χ1n) is 6.64. The van der Waals surface area contributed by atoms with Crippen LogP contribution < -0.4 is 10.0 Å². The molecule has 5 heteroatoms. The van der Waals surface area contributed by atoms with Crippen LogP contribution in [0.5, 0.6) is 0 Å². The fourth-order valence-corrected chi connectivity index (χ4v) is 3.82. The van der Waals surface area contributed by atoms with E-state index in [0.717, 1.165) is 11.3 Å². The van der Waals surface area contributed by atoms with Crippen molar-refractivity contribution >= 4 is 15.7 Å². The third-order valence-electron chi connectivity index (χ3n) is 2.73. The van der Waals surface area contributed by atoms with E-state index in [0.29, 0.717) is 19.5 Å². The van der Waals surface area contributed by atoms with Gasteiger partial charge in [-0.3, -0.25) is 4.31 Å². The molecule has 108 valence electrons. The summed E-state index contributed by atoms with van der Waals surface area (Å²) in [5, 5.41) is 0. The summed E-state index contributed by atoms with van der Waals surface area (Å²) in [6.07, 6.45) is 0.658. The minimum absolute atomic E-state index is 0.107. The van der Waals surface area contributed by atoms with Crippen LogP contribution in [0.4, 0.5) is 5.69 Å². The van der Waals surface area contributed by atoms with Gasteiger partial charge < -0.3 is 5.73 Å². The minimum atomic E-state index is -3.29. The molecule has 1 rings (SSSR count). The molecule has 1 aromatic rings. The Morgan fingerprint density at radius 1 is 1.32 bits per heavy atom. The van der Waals surface area contributed by atoms with Crippen LogP contribution in [0.1, 0.15) is 25.8 Å². The summed E-state index contributed by atoms with van der Waals surface area (Å²) in [6, 6.07) is 7.57. The molecule has 2 N–H and O–H groups in total. The highest BCUT2D eigenvalue weighted by atomic mass is 32.2. The maximum absolute atomic E-state index is 12.4. The first-order chi connectivity index (χ1) is 8.86. The van der Waals surface area contributed by atoms with Gasteiger partial charge in [0.25, 0.3) is 0 Å². The van der Waals surface area contributed by atoms with Gasteiger partial charge in [0.1, 0.15) is 0 Å². The lowest BCUT2D eigenvalue weighted by molar-refractivity contribution is 0.576. The lowest BCUT2D eigenvalue weighted by Crippen LogP contribution is -2.36. The van der Waals surface area contributed by atoms with Crippen molar-refractivity contribution in [3.05, 3.63) is 29.8 Å². The second-order valence-corrected chi connectivity index (χ2v) is 7.16. The zero-order chi connectivity index (χ0) is 14.5. The Bertz CT molecular complexity index is 498. The van der Waals surface area contributed by atoms with E-state index < -0.39 is 10.0 Å². The van der Waals surface area contributed by atoms with E-state index >= 15 is 0 Å². The Balaban J connectivity index is 3.07. The van der Waals surface area contributed by atoms with Crippen molar-refractivity contribution in [2.24, 2.45) is 11.7 Å². The predicted molar refractivity (Wildman–Crippen MR) is 80.8 cm³/mol. The molecule has 0 radical (unpaired) electrons. The molecule has 0 fully saturated rings. The van der Waals surface area contributed by atoms with Gasteiger partial charge in [-0.2, -0.15) is 0 Å². The molecular weight excluding hydrogens is 260 g/mol. The van der Waals surface area contributed by atoms with E-state index in [-0.39, 0.29) is 11.7 Å². The number of benzene rings is 1. The average Bonchev–Trinajstić information content (AvgIpc) is 2.27. The molecule has 19 heavy (non-hydrogen) atoms. The molecule has 0 bridgehead atoms. The van der Waals surface area contributed by atoms with Crippen LogP contribution in [-0.2, 0) is 10.0 Å². The van der Waals surface area contributed by atoms with Crippen molar-refractivity contribution in [1.82, 2.24) is 0 Å². The molecule has 0 heterocycles. The molecular formula is C14H24N2O2S. The van der Waals surface area contributed by atoms with Crippen LogP contribution in [0.15, 0.2) is 24.3 Å². The van der Waals surface area contributed by atoms with E-state index in [1.807, 2.05) is 45.0 Å². The predicted octanol–water partition coefficient (Wildman–Crippen LogP) is 2.14. The Hall–Kier alpha value is -1.07. The van der Waals surface area contributed by atoms with Crippen molar-refractivity contribution in [3.63, 3.8) is 0 Å². The lowest BCUT2D eigenvalue weighted by atomic mass is 10.2. The standard InChI is InChI=1S/C14H24N2O2S/c1-12(2)11-19(17,18)16(9-5-8-15)14-7-4-6-13(3)10-14/h4,6-7,10,12H,5,8-9,11,15H2,1-3H3. The van der Waals surface area contributed by atoms with Crippen LogP contribution in [0.25, 0.3) is 0 Å². The molecule has 4 nitrogen and oxygen atoms in total. The SMILES string of the molecule is Cc1cccc(N(CCCN)S(=O)(=O)CC(C)C)c1. The lowest BCUT2D eigenvalue weighted by Gasteiger charge is -2.25. The Labute approximate surface area is 116 Å². The summed E-state index contributed by atoms with van der Waals surface area (Å²) in [5.74, 6) is 0.265. The van der Waals surface area contributed by atoms with Crippen molar-refractivity contribution in [2.45, 2.75) is 27.2 Å². The van der Waals surface area contributed by atoms with Gasteiger partial charge in [0.05, 0.1) is 11.4 Å². The monoisotopic (exact) mass is 284 g/mol. The highest BCUT2D eigenvalue weighted by Gasteiger charge is 2.23. The van der Waals surface area contributed by atoms with E-state index in [1.54, 1.807) is 0 Å². The largest absolute Gasteiger partial charge is 0.330 e. The van der Waals surface area contributed by atoms with Crippen LogP contribution >= 0.6 is 0 Å². The number of hydrogen-bond donors (Lipinski definition) is 1. The molecule has 0 aromatic heterocycles. The number of anilines is 1. The highest BCUT2D eigenvalue weighted by molar-refractivity contribution is 7.92. The Morgan fingerprint density at radius 3 is 2.53 bits per heavy atom. The third kappa shape index (κ3) is 4.84. The van der Waals surface area contributed by atoms with Crippen LogP contribution in [-0.4, -0.2) is 27.3 Å². The van der Waals surface area contributed by atoms with Gasteiger partial charge in [0, 0.05) is 6.54 Å². The molecule has 0 aliphatic heterocycles. The topological polar surface area (TPSA) is 63.4 Å². The summed E-state index contributed by atoms with van der Waals surface area (Å²) < 4.78 is 26.4. The summed E-state index contributed by atoms with van der Waals surface area (Å²) in [5.41, 5.74) is 7.29. The molecule has 0 saturated heterocycles. The first kappa shape index (κ1) is 16.0. The number of aryl methyl sites for hydroxylation is 1. The maximum atomic E-state index is 12.4. The van der Waals surface area contributed by atoms with Crippen molar-refractivity contribution < 1.29 is 8.42 Å². The minimum Gasteiger partial charge on any atom is -0.330 e. The zero-order valence-corrected chi connectivity index (χ0v) is 12.8. The maximum Gasteiger partial charge on any atom is 0.235 e. The Kier molecular flexibility index (Phi) is 5.82. The molecule has 0 atom stereocenters. The van der Waals surface area contributed by atoms with Crippen LogP contribution in [0.2, 0.25) is 0 Å². The summed E-state index contributed by atoms with van der Waals surface area (Å²) in [6.45, 7) is 6.71. The number of sulfonamides is 1. The summed E-state index contributed by atoms with van der Waals surface area (Å²) in [7, 11) is -3.29. The normalized spacial score (nSPS) is 11.8. The van der Waals surface area contributed by atoms with Crippen molar-refractivity contribution in [3.8, 4) is 0 Å².